The Morgan fingerprint density at radius 1 is 1.00 bits per heavy atom. The van der Waals surface area contributed by atoms with Crippen LogP contribution in [0.4, 0.5) is 0 Å². The zero-order valence-corrected chi connectivity index (χ0v) is 9.81. The van der Waals surface area contributed by atoms with Gasteiger partial charge in [0.05, 0.1) is 0 Å². The van der Waals surface area contributed by atoms with E-state index >= 15 is 0 Å². The van der Waals surface area contributed by atoms with Crippen molar-refractivity contribution in [3.05, 3.63) is 0 Å². The minimum Gasteiger partial charge on any atom is -0.303 e. The van der Waals surface area contributed by atoms with E-state index in [4.69, 9.17) is 0 Å². The third-order valence-corrected chi connectivity index (χ3v) is 2.06. The highest BCUT2D eigenvalue weighted by Crippen LogP contribution is 2.21. The molecule has 1 aliphatic carbocycles. The summed E-state index contributed by atoms with van der Waals surface area (Å²) in [5, 5.41) is 0. The molecule has 0 amide bonds. The summed E-state index contributed by atoms with van der Waals surface area (Å²) in [6.07, 6.45) is 8.95. The maximum absolute atomic E-state index is 9.17. The second kappa shape index (κ2) is 29.3. The molecule has 0 unspecified atom stereocenters. The van der Waals surface area contributed by atoms with Crippen LogP contribution in [0.25, 0.3) is 0 Å². The van der Waals surface area contributed by atoms with Crippen molar-refractivity contribution in [3.63, 3.8) is 0 Å². The molecule has 0 atom stereocenters. The average Bonchev–Trinajstić information content (AvgIpc) is 2.22. The zero-order chi connectivity index (χ0) is 10.5. The molecule has 0 aromatic heterocycles. The molecule has 1 rings (SSSR count). The normalized spacial score (nSPS) is 13.0. The SMILES string of the molecule is C.C.C.CC.CC1CCCCC1.CCC=O. The van der Waals surface area contributed by atoms with Crippen molar-refractivity contribution >= 4 is 6.29 Å². The van der Waals surface area contributed by atoms with Crippen molar-refractivity contribution in [2.75, 3.05) is 0 Å². The largest absolute Gasteiger partial charge is 0.303 e. The predicted octanol–water partition coefficient (Wildman–Crippen LogP) is 6.12. The molecule has 1 saturated carbocycles. The van der Waals surface area contributed by atoms with Gasteiger partial charge in [0.25, 0.3) is 0 Å². The molecule has 0 spiro atoms. The van der Waals surface area contributed by atoms with Crippen molar-refractivity contribution in [1.82, 2.24) is 0 Å². The van der Waals surface area contributed by atoms with E-state index in [-0.39, 0.29) is 22.3 Å². The lowest BCUT2D eigenvalue weighted by Gasteiger charge is -2.15. The standard InChI is InChI=1S/C7H14.C3H6O.C2H6.3CH4/c1-7-5-3-2-4-6-7;1-2-3-4;1-2;;;/h7H,2-6H2,1H3;3H,2H2,1H3;1-2H3;3*1H4. The highest BCUT2D eigenvalue weighted by molar-refractivity contribution is 5.48. The zero-order valence-electron chi connectivity index (χ0n) is 9.81. The maximum Gasteiger partial charge on any atom is 0.119 e. The fourth-order valence-electron chi connectivity index (χ4n) is 1.31. The van der Waals surface area contributed by atoms with Gasteiger partial charge >= 0.3 is 0 Å². The van der Waals surface area contributed by atoms with Crippen molar-refractivity contribution < 1.29 is 4.79 Å². The van der Waals surface area contributed by atoms with E-state index in [0.717, 1.165) is 12.2 Å². The fraction of sp³-hybridized carbons (Fsp3) is 0.933. The molecule has 0 radical (unpaired) electrons. The first-order valence-corrected chi connectivity index (χ1v) is 5.74. The molecule has 16 heavy (non-hydrogen) atoms. The van der Waals surface area contributed by atoms with Crippen LogP contribution in [0.15, 0.2) is 0 Å². The van der Waals surface area contributed by atoms with E-state index in [2.05, 4.69) is 6.92 Å². The van der Waals surface area contributed by atoms with Gasteiger partial charge in [-0.2, -0.15) is 0 Å². The van der Waals surface area contributed by atoms with Gasteiger partial charge in [-0.3, -0.25) is 0 Å². The second-order valence-corrected chi connectivity index (χ2v) is 3.32. The van der Waals surface area contributed by atoms with E-state index in [1.54, 1.807) is 0 Å². The topological polar surface area (TPSA) is 17.1 Å². The molecule has 0 bridgehead atoms. The molecular formula is C15H38O. The first-order valence-electron chi connectivity index (χ1n) is 5.74. The predicted molar refractivity (Wildman–Crippen MR) is 80.1 cm³/mol. The molecular weight excluding hydrogens is 196 g/mol. The summed E-state index contributed by atoms with van der Waals surface area (Å²) in [5.74, 6) is 1.04. The van der Waals surface area contributed by atoms with Crippen molar-refractivity contribution in [2.45, 2.75) is 88.5 Å². The van der Waals surface area contributed by atoms with Gasteiger partial charge in [-0.1, -0.05) is 82.1 Å². The van der Waals surface area contributed by atoms with Crippen molar-refractivity contribution in [2.24, 2.45) is 5.92 Å². The Morgan fingerprint density at radius 3 is 1.44 bits per heavy atom. The van der Waals surface area contributed by atoms with E-state index in [9.17, 15) is 4.79 Å². The Labute approximate surface area is 106 Å². The van der Waals surface area contributed by atoms with Crippen LogP contribution in [-0.2, 0) is 4.79 Å². The molecule has 0 aliphatic heterocycles. The summed E-state index contributed by atoms with van der Waals surface area (Å²) in [7, 11) is 0. The number of rotatable bonds is 1. The first kappa shape index (κ1) is 29.6. The lowest BCUT2D eigenvalue weighted by Crippen LogP contribution is -1.99. The van der Waals surface area contributed by atoms with E-state index in [1.807, 2.05) is 20.8 Å². The Kier molecular flexibility index (Phi) is 54.3. The van der Waals surface area contributed by atoms with Crippen LogP contribution >= 0.6 is 0 Å². The molecule has 1 fully saturated rings. The van der Waals surface area contributed by atoms with Crippen LogP contribution in [0.2, 0.25) is 0 Å². The van der Waals surface area contributed by atoms with Gasteiger partial charge in [0.2, 0.25) is 0 Å². The summed E-state index contributed by atoms with van der Waals surface area (Å²) in [6.45, 7) is 8.17. The van der Waals surface area contributed by atoms with Crippen LogP contribution in [0, 0.1) is 5.92 Å². The van der Waals surface area contributed by atoms with Gasteiger partial charge in [-0.15, -0.1) is 0 Å². The number of aldehydes is 1. The smallest absolute Gasteiger partial charge is 0.119 e. The summed E-state index contributed by atoms with van der Waals surface area (Å²) in [5.41, 5.74) is 0. The van der Waals surface area contributed by atoms with Gasteiger partial charge in [0, 0.05) is 6.42 Å². The monoisotopic (exact) mass is 234 g/mol. The molecule has 104 valence electrons. The summed E-state index contributed by atoms with van der Waals surface area (Å²) >= 11 is 0. The van der Waals surface area contributed by atoms with Crippen LogP contribution in [0.3, 0.4) is 0 Å². The lowest BCUT2D eigenvalue weighted by molar-refractivity contribution is -0.107. The Balaban J connectivity index is -0.0000000403. The first-order chi connectivity index (χ1) is 6.31. The quantitative estimate of drug-likeness (QED) is 0.500. The highest BCUT2D eigenvalue weighted by Gasteiger charge is 2.05. The molecule has 1 heteroatoms. The third-order valence-electron chi connectivity index (χ3n) is 2.06. The van der Waals surface area contributed by atoms with Gasteiger partial charge in [0.15, 0.2) is 0 Å². The van der Waals surface area contributed by atoms with E-state index in [1.165, 1.54) is 32.1 Å². The fourth-order valence-corrected chi connectivity index (χ4v) is 1.31. The molecule has 1 nitrogen and oxygen atoms in total. The Morgan fingerprint density at radius 2 is 1.31 bits per heavy atom. The van der Waals surface area contributed by atoms with Gasteiger partial charge in [-0.25, -0.2) is 0 Å². The van der Waals surface area contributed by atoms with Crippen molar-refractivity contribution in [3.8, 4) is 0 Å². The lowest BCUT2D eigenvalue weighted by atomic mass is 9.91. The number of carbonyl (C=O) groups is 1. The highest BCUT2D eigenvalue weighted by atomic mass is 16.1. The minimum atomic E-state index is 0. The average molecular weight is 234 g/mol. The van der Waals surface area contributed by atoms with E-state index in [0.29, 0.717) is 6.42 Å². The molecule has 0 saturated heterocycles. The molecule has 0 aromatic rings. The van der Waals surface area contributed by atoms with Crippen LogP contribution in [0.5, 0.6) is 0 Å². The summed E-state index contributed by atoms with van der Waals surface area (Å²) in [6, 6.07) is 0. The molecule has 0 N–H and O–H groups in total. The number of carbonyl (C=O) groups excluding carboxylic acids is 1. The van der Waals surface area contributed by atoms with Gasteiger partial charge in [0.1, 0.15) is 6.29 Å². The number of hydrogen-bond donors (Lipinski definition) is 0. The molecule has 0 aromatic carbocycles. The third kappa shape index (κ3) is 29.2. The van der Waals surface area contributed by atoms with Crippen LogP contribution in [-0.4, -0.2) is 6.29 Å². The Bertz CT molecular complexity index is 83.4. The maximum atomic E-state index is 9.17. The summed E-state index contributed by atoms with van der Waals surface area (Å²) < 4.78 is 0. The van der Waals surface area contributed by atoms with Crippen LogP contribution < -0.4 is 0 Å². The van der Waals surface area contributed by atoms with Gasteiger partial charge < -0.3 is 4.79 Å². The number of hydrogen-bond acceptors (Lipinski definition) is 1. The van der Waals surface area contributed by atoms with Crippen molar-refractivity contribution in [1.29, 1.82) is 0 Å². The molecule has 0 heterocycles. The second-order valence-electron chi connectivity index (χ2n) is 3.32. The van der Waals surface area contributed by atoms with Gasteiger partial charge in [-0.05, 0) is 5.92 Å². The summed E-state index contributed by atoms with van der Waals surface area (Å²) in [4.78, 5) is 9.17. The van der Waals surface area contributed by atoms with E-state index < -0.39 is 0 Å². The van der Waals surface area contributed by atoms with Crippen LogP contribution in [0.1, 0.15) is 88.5 Å². The molecule has 1 aliphatic rings. The Hall–Kier alpha value is -0.330. The minimum absolute atomic E-state index is 0.